The van der Waals surface area contributed by atoms with E-state index in [1.165, 1.54) is 12.4 Å². The SMILES string of the molecule is O=c1nccc[nH]1.[Na+].[OH-]. The van der Waals surface area contributed by atoms with Crippen LogP contribution in [-0.4, -0.2) is 15.4 Å². The van der Waals surface area contributed by atoms with Gasteiger partial charge in [0, 0.05) is 12.4 Å². The van der Waals surface area contributed by atoms with Crippen LogP contribution in [-0.2, 0) is 0 Å². The van der Waals surface area contributed by atoms with Crippen LogP contribution in [0.5, 0.6) is 0 Å². The molecule has 5 heteroatoms. The van der Waals surface area contributed by atoms with E-state index in [1.54, 1.807) is 6.07 Å². The molecular formula is C4H5N2NaO2. The summed E-state index contributed by atoms with van der Waals surface area (Å²) < 4.78 is 0. The van der Waals surface area contributed by atoms with Gasteiger partial charge >= 0.3 is 35.2 Å². The molecule has 0 unspecified atom stereocenters. The molecule has 0 fully saturated rings. The quantitative estimate of drug-likeness (QED) is 0.378. The second-order valence-electron chi connectivity index (χ2n) is 1.09. The first kappa shape index (κ1) is 11.6. The van der Waals surface area contributed by atoms with Crippen molar-refractivity contribution in [2.75, 3.05) is 0 Å². The average molecular weight is 136 g/mol. The molecule has 0 aliphatic carbocycles. The van der Waals surface area contributed by atoms with Gasteiger partial charge in [0.1, 0.15) is 0 Å². The zero-order valence-electron chi connectivity index (χ0n) is 5.03. The molecule has 0 radical (unpaired) electrons. The number of aromatic amines is 1. The van der Waals surface area contributed by atoms with Gasteiger partial charge in [0.25, 0.3) is 0 Å². The van der Waals surface area contributed by atoms with Gasteiger partial charge in [0.05, 0.1) is 0 Å². The molecule has 0 spiro atoms. The van der Waals surface area contributed by atoms with Crippen molar-refractivity contribution in [3.05, 3.63) is 28.9 Å². The maximum absolute atomic E-state index is 10.1. The average Bonchev–Trinajstić information content (AvgIpc) is 1.69. The first-order valence-electron chi connectivity index (χ1n) is 1.89. The van der Waals surface area contributed by atoms with Crippen molar-refractivity contribution < 1.29 is 35.0 Å². The van der Waals surface area contributed by atoms with E-state index in [1.807, 2.05) is 0 Å². The van der Waals surface area contributed by atoms with Gasteiger partial charge in [-0.05, 0) is 6.07 Å². The summed E-state index contributed by atoms with van der Waals surface area (Å²) in [7, 11) is 0. The second-order valence-corrected chi connectivity index (χ2v) is 1.09. The van der Waals surface area contributed by atoms with Gasteiger partial charge in [-0.25, -0.2) is 9.78 Å². The van der Waals surface area contributed by atoms with Crippen LogP contribution < -0.4 is 35.2 Å². The fourth-order valence-electron chi connectivity index (χ4n) is 0.310. The standard InChI is InChI=1S/C4H4N2O.Na.H2O/c7-4-5-2-1-3-6-4;;/h1-3H,(H,5,6,7);;1H2/q;+1;/p-1. The van der Waals surface area contributed by atoms with Crippen molar-refractivity contribution in [1.29, 1.82) is 0 Å². The van der Waals surface area contributed by atoms with Crippen molar-refractivity contribution in [2.45, 2.75) is 0 Å². The molecule has 0 amide bonds. The first-order chi connectivity index (χ1) is 3.39. The number of hydrogen-bond donors (Lipinski definition) is 1. The Labute approximate surface area is 73.9 Å². The van der Waals surface area contributed by atoms with Crippen LogP contribution in [0.25, 0.3) is 0 Å². The molecule has 1 rings (SSSR count). The van der Waals surface area contributed by atoms with E-state index in [-0.39, 0.29) is 40.7 Å². The molecule has 1 aromatic heterocycles. The van der Waals surface area contributed by atoms with Gasteiger partial charge in [-0.2, -0.15) is 0 Å². The monoisotopic (exact) mass is 136 g/mol. The molecular weight excluding hydrogens is 131 g/mol. The molecule has 0 saturated heterocycles. The minimum Gasteiger partial charge on any atom is -0.870 e. The maximum atomic E-state index is 10.1. The van der Waals surface area contributed by atoms with E-state index < -0.39 is 0 Å². The van der Waals surface area contributed by atoms with Crippen LogP contribution in [0.4, 0.5) is 0 Å². The summed E-state index contributed by atoms with van der Waals surface area (Å²) in [5.74, 6) is 0. The van der Waals surface area contributed by atoms with E-state index in [9.17, 15) is 4.79 Å². The number of H-pyrrole nitrogens is 1. The number of nitrogens with one attached hydrogen (secondary N) is 1. The van der Waals surface area contributed by atoms with Crippen molar-refractivity contribution >= 4 is 0 Å². The number of nitrogens with zero attached hydrogens (tertiary/aromatic N) is 1. The fraction of sp³-hybridized carbons (Fsp3) is 0. The molecule has 44 valence electrons. The largest absolute Gasteiger partial charge is 1.00 e. The summed E-state index contributed by atoms with van der Waals surface area (Å²) in [6.07, 6.45) is 2.98. The third-order valence-corrected chi connectivity index (χ3v) is 0.581. The Hall–Kier alpha value is -0.160. The van der Waals surface area contributed by atoms with Crippen molar-refractivity contribution in [2.24, 2.45) is 0 Å². The van der Waals surface area contributed by atoms with Crippen LogP contribution in [0, 0.1) is 0 Å². The third-order valence-electron chi connectivity index (χ3n) is 0.581. The van der Waals surface area contributed by atoms with Gasteiger partial charge in [-0.3, -0.25) is 0 Å². The zero-order valence-corrected chi connectivity index (χ0v) is 7.03. The van der Waals surface area contributed by atoms with Crippen molar-refractivity contribution in [3.63, 3.8) is 0 Å². The maximum Gasteiger partial charge on any atom is 1.00 e. The van der Waals surface area contributed by atoms with Crippen molar-refractivity contribution in [3.8, 4) is 0 Å². The Morgan fingerprint density at radius 2 is 2.22 bits per heavy atom. The molecule has 0 bridgehead atoms. The molecule has 0 saturated carbocycles. The van der Waals surface area contributed by atoms with Crippen LogP contribution in [0.3, 0.4) is 0 Å². The van der Waals surface area contributed by atoms with Crippen LogP contribution >= 0.6 is 0 Å². The molecule has 0 aromatic carbocycles. The first-order valence-corrected chi connectivity index (χ1v) is 1.89. The predicted octanol–water partition coefficient (Wildman–Crippen LogP) is -3.40. The van der Waals surface area contributed by atoms with Crippen LogP contribution in [0.2, 0.25) is 0 Å². The molecule has 0 aliphatic heterocycles. The van der Waals surface area contributed by atoms with Gasteiger partial charge in [-0.15, -0.1) is 0 Å². The molecule has 1 heterocycles. The molecule has 4 nitrogen and oxygen atoms in total. The van der Waals surface area contributed by atoms with E-state index >= 15 is 0 Å². The molecule has 0 atom stereocenters. The fourth-order valence-corrected chi connectivity index (χ4v) is 0.310. The second kappa shape index (κ2) is 5.97. The van der Waals surface area contributed by atoms with Crippen molar-refractivity contribution in [1.82, 2.24) is 9.97 Å². The normalized spacial score (nSPS) is 6.67. The summed E-state index contributed by atoms with van der Waals surface area (Å²) in [4.78, 5) is 15.8. The van der Waals surface area contributed by atoms with Crippen LogP contribution in [0.1, 0.15) is 0 Å². The Morgan fingerprint density at radius 3 is 2.44 bits per heavy atom. The number of rotatable bonds is 0. The molecule has 2 N–H and O–H groups in total. The van der Waals surface area contributed by atoms with Gasteiger partial charge in [-0.1, -0.05) is 0 Å². The van der Waals surface area contributed by atoms with E-state index in [4.69, 9.17) is 0 Å². The Morgan fingerprint density at radius 1 is 1.56 bits per heavy atom. The predicted molar refractivity (Wildman–Crippen MR) is 26.8 cm³/mol. The van der Waals surface area contributed by atoms with E-state index in [2.05, 4.69) is 9.97 Å². The van der Waals surface area contributed by atoms with Gasteiger partial charge < -0.3 is 10.5 Å². The molecule has 9 heavy (non-hydrogen) atoms. The smallest absolute Gasteiger partial charge is 0.870 e. The Bertz CT molecular complexity index is 182. The zero-order chi connectivity index (χ0) is 5.11. The van der Waals surface area contributed by atoms with E-state index in [0.29, 0.717) is 0 Å². The summed E-state index contributed by atoms with van der Waals surface area (Å²) in [6.45, 7) is 0. The summed E-state index contributed by atoms with van der Waals surface area (Å²) in [5.41, 5.74) is -0.303. The minimum absolute atomic E-state index is 0. The topological polar surface area (TPSA) is 75.8 Å². The third kappa shape index (κ3) is 4.35. The van der Waals surface area contributed by atoms with Crippen LogP contribution in [0.15, 0.2) is 23.3 Å². The number of hydrogen-bond acceptors (Lipinski definition) is 3. The van der Waals surface area contributed by atoms with Gasteiger partial charge in [0.15, 0.2) is 0 Å². The summed E-state index contributed by atoms with van der Waals surface area (Å²) in [5, 5.41) is 0. The van der Waals surface area contributed by atoms with E-state index in [0.717, 1.165) is 0 Å². The molecule has 0 aliphatic rings. The summed E-state index contributed by atoms with van der Waals surface area (Å²) >= 11 is 0. The summed E-state index contributed by atoms with van der Waals surface area (Å²) in [6, 6.07) is 1.65. The Balaban J connectivity index is 0. The van der Waals surface area contributed by atoms with Gasteiger partial charge in [0.2, 0.25) is 0 Å². The molecule has 1 aromatic rings. The Kier molecular flexibility index (Phi) is 7.70. The minimum atomic E-state index is -0.303. The number of aromatic nitrogens is 2.